The fourth-order valence-electron chi connectivity index (χ4n) is 3.14. The summed E-state index contributed by atoms with van der Waals surface area (Å²) in [5, 5.41) is 18.3. The average molecular weight is 440 g/mol. The Morgan fingerprint density at radius 1 is 1.20 bits per heavy atom. The SMILES string of the molecule is CC1=C(C(=O)Nc2nc(-c3ccc(Cl)cc3)cs2)[C@H](c2ccc(O)cc2)N=C(N)N1. The summed E-state index contributed by atoms with van der Waals surface area (Å²) < 4.78 is 0. The van der Waals surface area contributed by atoms with Gasteiger partial charge in [0.1, 0.15) is 11.8 Å². The van der Waals surface area contributed by atoms with Crippen molar-refractivity contribution < 1.29 is 9.90 Å². The zero-order chi connectivity index (χ0) is 21.3. The summed E-state index contributed by atoms with van der Waals surface area (Å²) in [6, 6.07) is 13.3. The maximum absolute atomic E-state index is 13.1. The molecule has 1 atom stereocenters. The van der Waals surface area contributed by atoms with E-state index in [-0.39, 0.29) is 17.6 Å². The highest BCUT2D eigenvalue weighted by Gasteiger charge is 2.29. The zero-order valence-corrected chi connectivity index (χ0v) is 17.5. The Morgan fingerprint density at radius 3 is 2.60 bits per heavy atom. The van der Waals surface area contributed by atoms with E-state index in [1.165, 1.54) is 11.3 Å². The fraction of sp³-hybridized carbons (Fsp3) is 0.0952. The average Bonchev–Trinajstić information content (AvgIpc) is 3.16. The van der Waals surface area contributed by atoms with Crippen molar-refractivity contribution in [2.24, 2.45) is 10.7 Å². The van der Waals surface area contributed by atoms with Crippen LogP contribution in [0, 0.1) is 0 Å². The second-order valence-electron chi connectivity index (χ2n) is 6.67. The summed E-state index contributed by atoms with van der Waals surface area (Å²) in [4.78, 5) is 22.0. The molecule has 0 bridgehead atoms. The quantitative estimate of drug-likeness (QED) is 0.490. The number of aromatic hydroxyl groups is 1. The number of carbonyl (C=O) groups is 1. The number of aliphatic imine (C=N–C) groups is 1. The Balaban J connectivity index is 1.59. The number of benzene rings is 2. The minimum atomic E-state index is -0.595. The Labute approximate surface area is 181 Å². The second-order valence-corrected chi connectivity index (χ2v) is 7.97. The third kappa shape index (κ3) is 4.14. The molecule has 1 aliphatic rings. The molecule has 4 rings (SSSR count). The van der Waals surface area contributed by atoms with Crippen LogP contribution in [0.25, 0.3) is 11.3 Å². The third-order valence-electron chi connectivity index (χ3n) is 4.58. The van der Waals surface area contributed by atoms with Gasteiger partial charge < -0.3 is 16.2 Å². The number of allylic oxidation sites excluding steroid dienone is 1. The van der Waals surface area contributed by atoms with Crippen LogP contribution in [0.5, 0.6) is 5.75 Å². The molecule has 0 unspecified atom stereocenters. The summed E-state index contributed by atoms with van der Waals surface area (Å²) in [5.41, 5.74) is 9.31. The predicted molar refractivity (Wildman–Crippen MR) is 119 cm³/mol. The molecular weight excluding hydrogens is 422 g/mol. The van der Waals surface area contributed by atoms with Crippen LogP contribution in [0.4, 0.5) is 5.13 Å². The van der Waals surface area contributed by atoms with Gasteiger partial charge in [0.2, 0.25) is 0 Å². The molecule has 1 aliphatic heterocycles. The first-order chi connectivity index (χ1) is 14.4. The van der Waals surface area contributed by atoms with Gasteiger partial charge in [0.25, 0.3) is 5.91 Å². The van der Waals surface area contributed by atoms with Gasteiger partial charge >= 0.3 is 0 Å². The van der Waals surface area contributed by atoms with E-state index in [0.29, 0.717) is 21.4 Å². The molecule has 152 valence electrons. The number of rotatable bonds is 4. The molecule has 0 fully saturated rings. The molecule has 0 saturated carbocycles. The van der Waals surface area contributed by atoms with Crippen molar-refractivity contribution in [3.8, 4) is 17.0 Å². The van der Waals surface area contributed by atoms with E-state index < -0.39 is 6.04 Å². The van der Waals surface area contributed by atoms with Crippen LogP contribution in [0.3, 0.4) is 0 Å². The zero-order valence-electron chi connectivity index (χ0n) is 15.9. The number of phenols is 1. The first-order valence-electron chi connectivity index (χ1n) is 9.03. The number of hydrogen-bond donors (Lipinski definition) is 4. The molecular formula is C21H18ClN5O2S. The predicted octanol–water partition coefficient (Wildman–Crippen LogP) is 4.04. The Bertz CT molecular complexity index is 1150. The van der Waals surface area contributed by atoms with Gasteiger partial charge in [0.05, 0.1) is 11.3 Å². The lowest BCUT2D eigenvalue weighted by atomic mass is 9.95. The lowest BCUT2D eigenvalue weighted by Crippen LogP contribution is -2.38. The van der Waals surface area contributed by atoms with Crippen LogP contribution in [0.15, 0.2) is 70.2 Å². The van der Waals surface area contributed by atoms with Crippen molar-refractivity contribution in [1.29, 1.82) is 0 Å². The van der Waals surface area contributed by atoms with Crippen molar-refractivity contribution in [2.75, 3.05) is 5.32 Å². The standard InChI is InChI=1S/C21H18ClN5O2S/c1-11-17(18(26-20(23)24-11)13-4-8-15(28)9-5-13)19(29)27-21-25-16(10-30-21)12-2-6-14(22)7-3-12/h2-10,18,28H,1H3,(H3,23,24,26)(H,25,27,29)/t18-/m0/s1. The van der Waals surface area contributed by atoms with Gasteiger partial charge in [0.15, 0.2) is 11.1 Å². The van der Waals surface area contributed by atoms with Gasteiger partial charge in [-0.1, -0.05) is 35.9 Å². The molecule has 9 heteroatoms. The maximum Gasteiger partial charge on any atom is 0.257 e. The number of nitrogens with zero attached hydrogens (tertiary/aromatic N) is 2. The molecule has 0 spiro atoms. The Kier molecular flexibility index (Phi) is 5.43. The number of aromatic nitrogens is 1. The summed E-state index contributed by atoms with van der Waals surface area (Å²) in [5.74, 6) is 0.0292. The molecule has 0 aliphatic carbocycles. The molecule has 1 amide bonds. The summed E-state index contributed by atoms with van der Waals surface area (Å²) in [6.07, 6.45) is 0. The number of guanidine groups is 1. The number of thiazole rings is 1. The van der Waals surface area contributed by atoms with Crippen LogP contribution in [0.2, 0.25) is 5.02 Å². The van der Waals surface area contributed by atoms with E-state index >= 15 is 0 Å². The highest BCUT2D eigenvalue weighted by Crippen LogP contribution is 2.33. The first-order valence-corrected chi connectivity index (χ1v) is 10.3. The molecule has 0 radical (unpaired) electrons. The Morgan fingerprint density at radius 2 is 1.90 bits per heavy atom. The number of nitrogens with two attached hydrogens (primary N) is 1. The molecule has 30 heavy (non-hydrogen) atoms. The third-order valence-corrected chi connectivity index (χ3v) is 5.59. The van der Waals surface area contributed by atoms with E-state index in [0.717, 1.165) is 16.8 Å². The number of halogens is 1. The second kappa shape index (κ2) is 8.17. The summed E-state index contributed by atoms with van der Waals surface area (Å²) >= 11 is 7.27. The van der Waals surface area contributed by atoms with Gasteiger partial charge in [-0.3, -0.25) is 10.1 Å². The maximum atomic E-state index is 13.1. The number of carbonyl (C=O) groups excluding carboxylic acids is 1. The number of anilines is 1. The molecule has 3 aromatic rings. The molecule has 0 saturated heterocycles. The molecule has 7 nitrogen and oxygen atoms in total. The highest BCUT2D eigenvalue weighted by molar-refractivity contribution is 7.14. The lowest BCUT2D eigenvalue weighted by molar-refractivity contribution is -0.113. The van der Waals surface area contributed by atoms with Crippen LogP contribution in [-0.2, 0) is 4.79 Å². The minimum Gasteiger partial charge on any atom is -0.508 e. The van der Waals surface area contributed by atoms with Crippen LogP contribution in [-0.4, -0.2) is 22.0 Å². The van der Waals surface area contributed by atoms with Crippen molar-refractivity contribution in [3.05, 3.63) is 75.8 Å². The molecule has 5 N–H and O–H groups in total. The van der Waals surface area contributed by atoms with Crippen molar-refractivity contribution in [3.63, 3.8) is 0 Å². The van der Waals surface area contributed by atoms with Crippen LogP contribution >= 0.6 is 22.9 Å². The van der Waals surface area contributed by atoms with E-state index in [1.54, 1.807) is 43.3 Å². The smallest absolute Gasteiger partial charge is 0.257 e. The van der Waals surface area contributed by atoms with Gasteiger partial charge in [-0.05, 0) is 36.8 Å². The topological polar surface area (TPSA) is 113 Å². The summed E-state index contributed by atoms with van der Waals surface area (Å²) in [6.45, 7) is 1.77. The van der Waals surface area contributed by atoms with Crippen LogP contribution < -0.4 is 16.4 Å². The van der Waals surface area contributed by atoms with Gasteiger partial charge in [-0.25, -0.2) is 9.98 Å². The summed E-state index contributed by atoms with van der Waals surface area (Å²) in [7, 11) is 0. The number of hydrogen-bond acceptors (Lipinski definition) is 7. The van der Waals surface area contributed by atoms with Crippen molar-refractivity contribution >= 4 is 39.9 Å². The monoisotopic (exact) mass is 439 g/mol. The molecule has 1 aromatic heterocycles. The fourth-order valence-corrected chi connectivity index (χ4v) is 3.98. The van der Waals surface area contributed by atoms with Gasteiger partial charge in [-0.2, -0.15) is 0 Å². The number of nitrogens with one attached hydrogen (secondary N) is 2. The normalized spacial score (nSPS) is 16.1. The molecule has 2 heterocycles. The van der Waals surface area contributed by atoms with Crippen LogP contribution in [0.1, 0.15) is 18.5 Å². The largest absolute Gasteiger partial charge is 0.508 e. The van der Waals surface area contributed by atoms with Crippen molar-refractivity contribution in [2.45, 2.75) is 13.0 Å². The number of amides is 1. The van der Waals surface area contributed by atoms with Crippen molar-refractivity contribution in [1.82, 2.24) is 10.3 Å². The van der Waals surface area contributed by atoms with E-state index in [1.807, 2.05) is 17.5 Å². The first kappa shape index (κ1) is 19.9. The highest BCUT2D eigenvalue weighted by atomic mass is 35.5. The Hall–Kier alpha value is -3.36. The number of phenolic OH excluding ortho intramolecular Hbond substituents is 1. The van der Waals surface area contributed by atoms with Gasteiger partial charge in [0, 0.05) is 21.7 Å². The van der Waals surface area contributed by atoms with Gasteiger partial charge in [-0.15, -0.1) is 11.3 Å². The van der Waals surface area contributed by atoms with E-state index in [4.69, 9.17) is 17.3 Å². The molecule has 2 aromatic carbocycles. The van der Waals surface area contributed by atoms with E-state index in [2.05, 4.69) is 20.6 Å². The van der Waals surface area contributed by atoms with E-state index in [9.17, 15) is 9.90 Å². The minimum absolute atomic E-state index is 0.133. The lowest BCUT2D eigenvalue weighted by Gasteiger charge is -2.24.